The third-order valence-electron chi connectivity index (χ3n) is 9.96. The van der Waals surface area contributed by atoms with E-state index in [0.29, 0.717) is 50.7 Å². The number of amides is 2. The summed E-state index contributed by atoms with van der Waals surface area (Å²) in [5.41, 5.74) is 8.12. The van der Waals surface area contributed by atoms with Crippen LogP contribution in [0.4, 0.5) is 4.79 Å². The van der Waals surface area contributed by atoms with Crippen molar-refractivity contribution in [2.45, 2.75) is 59.2 Å². The lowest BCUT2D eigenvalue weighted by atomic mass is 9.98. The van der Waals surface area contributed by atoms with Gasteiger partial charge in [-0.3, -0.25) is 9.69 Å². The first-order valence-corrected chi connectivity index (χ1v) is 18.5. The van der Waals surface area contributed by atoms with E-state index in [0.717, 1.165) is 58.8 Å². The molecular formula is C45H47N3O5. The molecule has 8 nitrogen and oxygen atoms in total. The Morgan fingerprint density at radius 2 is 1.15 bits per heavy atom. The molecule has 1 fully saturated rings. The molecule has 0 radical (unpaired) electrons. The van der Waals surface area contributed by atoms with Gasteiger partial charge in [0.2, 0.25) is 0 Å². The van der Waals surface area contributed by atoms with Crippen molar-refractivity contribution >= 4 is 12.0 Å². The number of hydrogen-bond donors (Lipinski definition) is 0. The number of hydrogen-bond acceptors (Lipinski definition) is 6. The van der Waals surface area contributed by atoms with Crippen LogP contribution in [0.25, 0.3) is 0 Å². The zero-order chi connectivity index (χ0) is 36.6. The van der Waals surface area contributed by atoms with Gasteiger partial charge in [-0.15, -0.1) is 0 Å². The highest BCUT2D eigenvalue weighted by Gasteiger charge is 2.29. The van der Waals surface area contributed by atoms with Crippen LogP contribution >= 0.6 is 0 Å². The minimum atomic E-state index is -0.265. The van der Waals surface area contributed by atoms with E-state index in [2.05, 4.69) is 36.9 Å². The first-order valence-electron chi connectivity index (χ1n) is 18.5. The summed E-state index contributed by atoms with van der Waals surface area (Å²) in [4.78, 5) is 33.1. The summed E-state index contributed by atoms with van der Waals surface area (Å²) in [7, 11) is 0. The van der Waals surface area contributed by atoms with E-state index in [4.69, 9.17) is 14.2 Å². The number of rotatable bonds is 12. The minimum Gasteiger partial charge on any atom is -0.488 e. The number of carbonyl (C=O) groups is 2. The Hall–Kier alpha value is -5.60. The first kappa shape index (κ1) is 35.8. The second-order valence-corrected chi connectivity index (χ2v) is 14.2. The van der Waals surface area contributed by atoms with Crippen molar-refractivity contribution in [3.63, 3.8) is 0 Å². The van der Waals surface area contributed by atoms with Crippen molar-refractivity contribution in [1.29, 1.82) is 0 Å². The molecule has 0 aromatic heterocycles. The summed E-state index contributed by atoms with van der Waals surface area (Å²) in [6.45, 7) is 9.95. The fourth-order valence-corrected chi connectivity index (χ4v) is 6.93. The van der Waals surface area contributed by atoms with Gasteiger partial charge in [0, 0.05) is 51.9 Å². The first-order chi connectivity index (χ1) is 25.9. The van der Waals surface area contributed by atoms with Crippen molar-refractivity contribution in [2.24, 2.45) is 0 Å². The summed E-state index contributed by atoms with van der Waals surface area (Å²) >= 11 is 0. The van der Waals surface area contributed by atoms with Crippen molar-refractivity contribution in [3.05, 3.63) is 166 Å². The monoisotopic (exact) mass is 709 g/mol. The third kappa shape index (κ3) is 9.07. The molecule has 2 aliphatic heterocycles. The van der Waals surface area contributed by atoms with Crippen molar-refractivity contribution in [2.75, 3.05) is 26.2 Å². The lowest BCUT2D eigenvalue weighted by molar-refractivity contribution is 0.0699. The van der Waals surface area contributed by atoms with Crippen LogP contribution in [0.1, 0.15) is 69.1 Å². The van der Waals surface area contributed by atoms with Crippen molar-refractivity contribution in [3.8, 4) is 11.5 Å². The number of ether oxygens (including phenoxy) is 3. The standard InChI is InChI=1S/C45H47N3O5/c1-33(2)40-25-41(43(52-31-35-14-8-4-9-15-35)26-42(40)51-30-34-12-6-3-7-13-34)44(49)48-28-38-19-18-37(24-39(38)29-48)27-46-20-22-47(23-21-46)45(50)53-32-36-16-10-5-11-17-36/h3-19,24-26,33H,20-23,27-32H2,1-2H3. The van der Waals surface area contributed by atoms with Crippen LogP contribution in [-0.2, 0) is 44.2 Å². The summed E-state index contributed by atoms with van der Waals surface area (Å²) in [5.74, 6) is 1.32. The van der Waals surface area contributed by atoms with Gasteiger partial charge in [-0.2, -0.15) is 0 Å². The van der Waals surface area contributed by atoms with Crippen LogP contribution < -0.4 is 9.47 Å². The highest BCUT2D eigenvalue weighted by atomic mass is 16.6. The van der Waals surface area contributed by atoms with Gasteiger partial charge >= 0.3 is 6.09 Å². The van der Waals surface area contributed by atoms with Crippen molar-refractivity contribution in [1.82, 2.24) is 14.7 Å². The highest BCUT2D eigenvalue weighted by molar-refractivity contribution is 5.98. The Balaban J connectivity index is 1.01. The fraction of sp³-hybridized carbons (Fsp3) is 0.289. The molecule has 0 bridgehead atoms. The molecule has 5 aromatic rings. The topological polar surface area (TPSA) is 71.6 Å². The maximum atomic E-state index is 14.4. The Morgan fingerprint density at radius 3 is 1.75 bits per heavy atom. The van der Waals surface area contributed by atoms with E-state index in [9.17, 15) is 9.59 Å². The van der Waals surface area contributed by atoms with Crippen LogP contribution in [0.15, 0.2) is 121 Å². The quantitative estimate of drug-likeness (QED) is 0.129. The SMILES string of the molecule is CC(C)c1cc(C(=O)N2Cc3ccc(CN4CCN(C(=O)OCc5ccccc5)CC4)cc3C2)c(OCc2ccccc2)cc1OCc1ccccc1. The summed E-state index contributed by atoms with van der Waals surface area (Å²) in [6.07, 6.45) is -0.265. The molecule has 1 saturated heterocycles. The van der Waals surface area contributed by atoms with Crippen molar-refractivity contribution < 1.29 is 23.8 Å². The normalized spacial score (nSPS) is 14.2. The average Bonchev–Trinajstić information content (AvgIpc) is 3.63. The minimum absolute atomic E-state index is 0.0578. The predicted molar refractivity (Wildman–Crippen MR) is 206 cm³/mol. The van der Waals surface area contributed by atoms with Gasteiger partial charge in [-0.1, -0.05) is 123 Å². The zero-order valence-corrected chi connectivity index (χ0v) is 30.6. The van der Waals surface area contributed by atoms with Gasteiger partial charge in [-0.25, -0.2) is 4.79 Å². The summed E-state index contributed by atoms with van der Waals surface area (Å²) in [5, 5.41) is 0. The van der Waals surface area contributed by atoms with Gasteiger partial charge in [0.1, 0.15) is 31.3 Å². The molecule has 0 spiro atoms. The molecule has 0 atom stereocenters. The largest absolute Gasteiger partial charge is 0.488 e. The van der Waals surface area contributed by atoms with E-state index in [-0.39, 0.29) is 24.5 Å². The Morgan fingerprint density at radius 1 is 0.585 bits per heavy atom. The predicted octanol–water partition coefficient (Wildman–Crippen LogP) is 8.58. The molecule has 8 heteroatoms. The molecular weight excluding hydrogens is 663 g/mol. The molecule has 2 aliphatic rings. The number of carbonyl (C=O) groups excluding carboxylic acids is 2. The zero-order valence-electron chi connectivity index (χ0n) is 30.6. The highest BCUT2D eigenvalue weighted by Crippen LogP contribution is 2.37. The smallest absolute Gasteiger partial charge is 0.410 e. The van der Waals surface area contributed by atoms with Gasteiger partial charge in [0.25, 0.3) is 5.91 Å². The molecule has 5 aromatic carbocycles. The van der Waals surface area contributed by atoms with E-state index >= 15 is 0 Å². The molecule has 0 N–H and O–H groups in total. The lowest BCUT2D eigenvalue weighted by Crippen LogP contribution is -2.48. The molecule has 272 valence electrons. The molecule has 0 saturated carbocycles. The lowest BCUT2D eigenvalue weighted by Gasteiger charge is -2.34. The molecule has 7 rings (SSSR count). The number of piperazine rings is 1. The van der Waals surface area contributed by atoms with Gasteiger partial charge < -0.3 is 24.0 Å². The number of benzene rings is 5. The van der Waals surface area contributed by atoms with Gasteiger partial charge in [-0.05, 0) is 50.9 Å². The second kappa shape index (κ2) is 16.8. The van der Waals surface area contributed by atoms with E-state index in [1.54, 1.807) is 4.90 Å². The van der Waals surface area contributed by atoms with Crippen LogP contribution in [0.5, 0.6) is 11.5 Å². The molecule has 2 heterocycles. The Kier molecular flexibility index (Phi) is 11.4. The third-order valence-corrected chi connectivity index (χ3v) is 9.96. The van der Waals surface area contributed by atoms with Crippen LogP contribution in [0.2, 0.25) is 0 Å². The van der Waals surface area contributed by atoms with Gasteiger partial charge in [0.15, 0.2) is 0 Å². The summed E-state index contributed by atoms with van der Waals surface area (Å²) in [6, 6.07) is 40.3. The van der Waals surface area contributed by atoms with Gasteiger partial charge in [0.05, 0.1) is 5.56 Å². The fourth-order valence-electron chi connectivity index (χ4n) is 6.93. The van der Waals surface area contributed by atoms with E-state index in [1.807, 2.05) is 108 Å². The maximum Gasteiger partial charge on any atom is 0.410 e. The second-order valence-electron chi connectivity index (χ2n) is 14.2. The Labute approximate surface area is 312 Å². The molecule has 53 heavy (non-hydrogen) atoms. The van der Waals surface area contributed by atoms with Crippen LogP contribution in [0.3, 0.4) is 0 Å². The number of fused-ring (bicyclic) bond motifs is 1. The summed E-state index contributed by atoms with van der Waals surface area (Å²) < 4.78 is 18.3. The average molecular weight is 710 g/mol. The molecule has 0 unspecified atom stereocenters. The molecule has 2 amide bonds. The van der Waals surface area contributed by atoms with Crippen LogP contribution in [0, 0.1) is 0 Å². The van der Waals surface area contributed by atoms with E-state index in [1.165, 1.54) is 5.56 Å². The molecule has 0 aliphatic carbocycles. The van der Waals surface area contributed by atoms with E-state index < -0.39 is 0 Å². The number of nitrogens with zero attached hydrogens (tertiary/aromatic N) is 3. The maximum absolute atomic E-state index is 14.4. The Bertz CT molecular complexity index is 1990. The van der Waals surface area contributed by atoms with Crippen LogP contribution in [-0.4, -0.2) is 52.9 Å².